The van der Waals surface area contributed by atoms with Gasteiger partial charge in [0.15, 0.2) is 11.6 Å². The van der Waals surface area contributed by atoms with E-state index in [2.05, 4.69) is 20.2 Å². The van der Waals surface area contributed by atoms with Gasteiger partial charge in [0.1, 0.15) is 17.5 Å². The normalized spacial score (nSPS) is 15.0. The minimum absolute atomic E-state index is 0.460. The van der Waals surface area contributed by atoms with Crippen molar-refractivity contribution in [1.29, 1.82) is 0 Å². The zero-order valence-corrected chi connectivity index (χ0v) is 12.4. The van der Waals surface area contributed by atoms with Crippen LogP contribution in [0.4, 0.5) is 26.1 Å². The van der Waals surface area contributed by atoms with E-state index in [0.717, 1.165) is 43.9 Å². The average molecular weight is 304 g/mol. The van der Waals surface area contributed by atoms with Crippen LogP contribution in [0.1, 0.15) is 25.1 Å². The third-order valence-corrected chi connectivity index (χ3v) is 3.70. The summed E-state index contributed by atoms with van der Waals surface area (Å²) in [6, 6.07) is 5.54. The van der Waals surface area contributed by atoms with Crippen LogP contribution in [0.5, 0.6) is 0 Å². The molecule has 1 aliphatic heterocycles. The number of nitrogens with one attached hydrogen (secondary N) is 1. The first-order chi connectivity index (χ1) is 10.6. The summed E-state index contributed by atoms with van der Waals surface area (Å²) < 4.78 is 26.2. The number of benzene rings is 1. The molecule has 0 atom stereocenters. The number of anilines is 3. The number of piperidine rings is 1. The predicted molar refractivity (Wildman–Crippen MR) is 82.5 cm³/mol. The van der Waals surface area contributed by atoms with E-state index in [1.54, 1.807) is 0 Å². The molecule has 2 heterocycles. The summed E-state index contributed by atoms with van der Waals surface area (Å²) in [5, 5.41) is 3.01. The van der Waals surface area contributed by atoms with Crippen LogP contribution in [-0.4, -0.2) is 23.1 Å². The van der Waals surface area contributed by atoms with E-state index in [9.17, 15) is 8.78 Å². The molecule has 1 fully saturated rings. The monoisotopic (exact) mass is 304 g/mol. The molecule has 6 heteroatoms. The molecule has 1 saturated heterocycles. The fraction of sp³-hybridized carbons (Fsp3) is 0.375. The lowest BCUT2D eigenvalue weighted by molar-refractivity contribution is 0.509. The predicted octanol–water partition coefficient (Wildman–Crippen LogP) is 3.80. The van der Waals surface area contributed by atoms with Gasteiger partial charge in [-0.05, 0) is 38.3 Å². The highest BCUT2D eigenvalue weighted by atomic mass is 19.2. The third-order valence-electron chi connectivity index (χ3n) is 3.70. The van der Waals surface area contributed by atoms with Crippen LogP contribution in [0.25, 0.3) is 0 Å². The van der Waals surface area contributed by atoms with Gasteiger partial charge in [0.25, 0.3) is 0 Å². The molecule has 0 radical (unpaired) electrons. The molecule has 2 aromatic rings. The van der Waals surface area contributed by atoms with Crippen LogP contribution in [0.3, 0.4) is 0 Å². The maximum atomic E-state index is 13.3. The Bertz CT molecular complexity index is 669. The number of rotatable bonds is 3. The van der Waals surface area contributed by atoms with Crippen LogP contribution < -0.4 is 10.2 Å². The quantitative estimate of drug-likeness (QED) is 0.936. The topological polar surface area (TPSA) is 41.1 Å². The van der Waals surface area contributed by atoms with Crippen LogP contribution in [-0.2, 0) is 0 Å². The smallest absolute Gasteiger partial charge is 0.160 e. The van der Waals surface area contributed by atoms with Gasteiger partial charge in [0.05, 0.1) is 0 Å². The molecule has 116 valence electrons. The Morgan fingerprint density at radius 2 is 1.77 bits per heavy atom. The lowest BCUT2D eigenvalue weighted by atomic mass is 10.1. The zero-order chi connectivity index (χ0) is 15.5. The second-order valence-corrected chi connectivity index (χ2v) is 5.46. The van der Waals surface area contributed by atoms with Crippen molar-refractivity contribution in [3.63, 3.8) is 0 Å². The molecule has 0 spiro atoms. The number of nitrogens with zero attached hydrogens (tertiary/aromatic N) is 3. The van der Waals surface area contributed by atoms with E-state index in [0.29, 0.717) is 17.3 Å². The van der Waals surface area contributed by atoms with Crippen LogP contribution >= 0.6 is 0 Å². The van der Waals surface area contributed by atoms with Gasteiger partial charge in [-0.3, -0.25) is 0 Å². The fourth-order valence-electron chi connectivity index (χ4n) is 2.62. The van der Waals surface area contributed by atoms with Crippen molar-refractivity contribution in [2.24, 2.45) is 0 Å². The van der Waals surface area contributed by atoms with E-state index < -0.39 is 11.6 Å². The third kappa shape index (κ3) is 3.32. The number of hydrogen-bond donors (Lipinski definition) is 1. The maximum absolute atomic E-state index is 13.3. The van der Waals surface area contributed by atoms with E-state index in [-0.39, 0.29) is 0 Å². The number of hydrogen-bond acceptors (Lipinski definition) is 4. The second-order valence-electron chi connectivity index (χ2n) is 5.46. The van der Waals surface area contributed by atoms with Crippen molar-refractivity contribution in [3.05, 3.63) is 41.7 Å². The number of aromatic nitrogens is 2. The van der Waals surface area contributed by atoms with Gasteiger partial charge in [-0.2, -0.15) is 0 Å². The molecule has 1 N–H and O–H groups in total. The summed E-state index contributed by atoms with van der Waals surface area (Å²) in [5.41, 5.74) is 0.460. The molecule has 0 aliphatic carbocycles. The molecule has 3 rings (SSSR count). The maximum Gasteiger partial charge on any atom is 0.160 e. The Balaban J connectivity index is 1.83. The summed E-state index contributed by atoms with van der Waals surface area (Å²) in [6.45, 7) is 3.80. The minimum atomic E-state index is -0.882. The molecule has 1 aromatic heterocycles. The van der Waals surface area contributed by atoms with Gasteiger partial charge in [0.2, 0.25) is 0 Å². The standard InChI is InChI=1S/C16H18F2N4/c1-11-19-15(21-12-5-6-13(17)14(18)9-12)10-16(20-11)22-7-3-2-4-8-22/h5-6,9-10H,2-4,7-8H2,1H3,(H,19,20,21). The summed E-state index contributed by atoms with van der Waals surface area (Å²) in [5.74, 6) is 0.356. The summed E-state index contributed by atoms with van der Waals surface area (Å²) in [6.07, 6.45) is 3.57. The Labute approximate surface area is 128 Å². The van der Waals surface area contributed by atoms with Gasteiger partial charge in [-0.25, -0.2) is 18.7 Å². The van der Waals surface area contributed by atoms with Gasteiger partial charge in [0, 0.05) is 30.9 Å². The van der Waals surface area contributed by atoms with Gasteiger partial charge in [-0.15, -0.1) is 0 Å². The van der Waals surface area contributed by atoms with Crippen molar-refractivity contribution in [2.45, 2.75) is 26.2 Å². The minimum Gasteiger partial charge on any atom is -0.356 e. The van der Waals surface area contributed by atoms with Crippen molar-refractivity contribution in [3.8, 4) is 0 Å². The highest BCUT2D eigenvalue weighted by Gasteiger charge is 2.14. The highest BCUT2D eigenvalue weighted by molar-refractivity contribution is 5.59. The van der Waals surface area contributed by atoms with Crippen molar-refractivity contribution in [1.82, 2.24) is 9.97 Å². The SMILES string of the molecule is Cc1nc(Nc2ccc(F)c(F)c2)cc(N2CCCCC2)n1. The molecule has 4 nitrogen and oxygen atoms in total. The van der Waals surface area contributed by atoms with Gasteiger partial charge in [-0.1, -0.05) is 0 Å². The molecule has 1 aliphatic rings. The van der Waals surface area contributed by atoms with Crippen LogP contribution in [0.15, 0.2) is 24.3 Å². The van der Waals surface area contributed by atoms with E-state index in [1.165, 1.54) is 12.5 Å². The molecule has 0 bridgehead atoms. The number of halogens is 2. The zero-order valence-electron chi connectivity index (χ0n) is 12.4. The lowest BCUT2D eigenvalue weighted by Crippen LogP contribution is -2.30. The first-order valence-electron chi connectivity index (χ1n) is 7.44. The first-order valence-corrected chi connectivity index (χ1v) is 7.44. The molecule has 1 aromatic carbocycles. The fourth-order valence-corrected chi connectivity index (χ4v) is 2.62. The van der Waals surface area contributed by atoms with E-state index in [1.807, 2.05) is 13.0 Å². The van der Waals surface area contributed by atoms with Crippen molar-refractivity contribution >= 4 is 17.3 Å². The molecule has 0 unspecified atom stereocenters. The van der Waals surface area contributed by atoms with Gasteiger partial charge >= 0.3 is 0 Å². The Morgan fingerprint density at radius 1 is 1.00 bits per heavy atom. The summed E-state index contributed by atoms with van der Waals surface area (Å²) >= 11 is 0. The Morgan fingerprint density at radius 3 is 2.50 bits per heavy atom. The van der Waals surface area contributed by atoms with Crippen molar-refractivity contribution < 1.29 is 8.78 Å². The molecule has 0 amide bonds. The Kier molecular flexibility index (Phi) is 4.18. The Hall–Kier alpha value is -2.24. The molecule has 0 saturated carbocycles. The van der Waals surface area contributed by atoms with E-state index in [4.69, 9.17) is 0 Å². The van der Waals surface area contributed by atoms with E-state index >= 15 is 0 Å². The molecular weight excluding hydrogens is 286 g/mol. The van der Waals surface area contributed by atoms with Crippen molar-refractivity contribution in [2.75, 3.05) is 23.3 Å². The first kappa shape index (κ1) is 14.7. The average Bonchev–Trinajstić information content (AvgIpc) is 2.51. The molecular formula is C16H18F2N4. The highest BCUT2D eigenvalue weighted by Crippen LogP contribution is 2.23. The number of aryl methyl sites for hydroxylation is 1. The second kappa shape index (κ2) is 6.25. The van der Waals surface area contributed by atoms with Gasteiger partial charge < -0.3 is 10.2 Å². The van der Waals surface area contributed by atoms with Crippen LogP contribution in [0.2, 0.25) is 0 Å². The largest absolute Gasteiger partial charge is 0.356 e. The van der Waals surface area contributed by atoms with Crippen LogP contribution in [0, 0.1) is 18.6 Å². The lowest BCUT2D eigenvalue weighted by Gasteiger charge is -2.28. The summed E-state index contributed by atoms with van der Waals surface area (Å²) in [4.78, 5) is 11.0. The summed E-state index contributed by atoms with van der Waals surface area (Å²) in [7, 11) is 0. The molecule has 22 heavy (non-hydrogen) atoms.